The van der Waals surface area contributed by atoms with E-state index in [2.05, 4.69) is 15.4 Å². The van der Waals surface area contributed by atoms with Gasteiger partial charge in [-0.2, -0.15) is 5.10 Å². The van der Waals surface area contributed by atoms with E-state index in [1.54, 1.807) is 23.9 Å². The summed E-state index contributed by atoms with van der Waals surface area (Å²) in [6.07, 6.45) is 2.25. The van der Waals surface area contributed by atoms with Gasteiger partial charge in [-0.25, -0.2) is 9.48 Å². The Morgan fingerprint density at radius 1 is 1.17 bits per heavy atom. The molecule has 2 aromatic heterocycles. The highest BCUT2D eigenvalue weighted by Crippen LogP contribution is 2.25. The monoisotopic (exact) mass is 408 g/mol. The van der Waals surface area contributed by atoms with Crippen molar-refractivity contribution in [1.29, 1.82) is 0 Å². The topological polar surface area (TPSA) is 86.1 Å². The SMILES string of the molecule is CCc1nc2ccccc2c(C(=O)O[C@@H](C)C(=O)Nc2ccnn2[C@@H](C)CC)c1C. The van der Waals surface area contributed by atoms with Gasteiger partial charge < -0.3 is 10.1 Å². The Hall–Kier alpha value is -3.22. The number of carbonyl (C=O) groups excluding carboxylic acids is 2. The predicted octanol–water partition coefficient (Wildman–Crippen LogP) is 4.46. The highest BCUT2D eigenvalue weighted by atomic mass is 16.5. The fourth-order valence-corrected chi connectivity index (χ4v) is 3.40. The lowest BCUT2D eigenvalue weighted by Crippen LogP contribution is -2.31. The van der Waals surface area contributed by atoms with E-state index in [4.69, 9.17) is 4.74 Å². The number of benzene rings is 1. The lowest BCUT2D eigenvalue weighted by molar-refractivity contribution is -0.123. The van der Waals surface area contributed by atoms with E-state index in [0.717, 1.165) is 28.6 Å². The first-order valence-electron chi connectivity index (χ1n) is 10.3. The molecule has 158 valence electrons. The zero-order valence-corrected chi connectivity index (χ0v) is 18.1. The number of hydrogen-bond donors (Lipinski definition) is 1. The molecule has 2 heterocycles. The normalized spacial score (nSPS) is 13.1. The first-order chi connectivity index (χ1) is 14.4. The van der Waals surface area contributed by atoms with Crippen LogP contribution in [0.2, 0.25) is 0 Å². The second-order valence-electron chi connectivity index (χ2n) is 7.38. The molecule has 2 atom stereocenters. The first-order valence-corrected chi connectivity index (χ1v) is 10.3. The third kappa shape index (κ3) is 4.20. The average Bonchev–Trinajstić information content (AvgIpc) is 3.20. The lowest BCUT2D eigenvalue weighted by atomic mass is 10.0. The van der Waals surface area contributed by atoms with Gasteiger partial charge in [0.15, 0.2) is 6.10 Å². The van der Waals surface area contributed by atoms with Crippen LogP contribution in [0.3, 0.4) is 0 Å². The number of ether oxygens (including phenoxy) is 1. The van der Waals surface area contributed by atoms with Gasteiger partial charge in [0, 0.05) is 17.1 Å². The molecule has 0 aliphatic rings. The maximum Gasteiger partial charge on any atom is 0.339 e. The van der Waals surface area contributed by atoms with Crippen LogP contribution < -0.4 is 5.32 Å². The Labute approximate surface area is 176 Å². The maximum atomic E-state index is 13.0. The van der Waals surface area contributed by atoms with Crippen LogP contribution in [-0.4, -0.2) is 32.7 Å². The molecule has 0 bridgehead atoms. The minimum Gasteiger partial charge on any atom is -0.449 e. The molecule has 7 heteroatoms. The highest BCUT2D eigenvalue weighted by Gasteiger charge is 2.24. The van der Waals surface area contributed by atoms with E-state index in [9.17, 15) is 9.59 Å². The summed E-state index contributed by atoms with van der Waals surface area (Å²) in [4.78, 5) is 30.3. The van der Waals surface area contributed by atoms with Gasteiger partial charge >= 0.3 is 5.97 Å². The van der Waals surface area contributed by atoms with Gasteiger partial charge in [0.1, 0.15) is 5.82 Å². The minimum atomic E-state index is -0.964. The second kappa shape index (κ2) is 9.07. The summed E-state index contributed by atoms with van der Waals surface area (Å²) in [5.74, 6) is -0.352. The fourth-order valence-electron chi connectivity index (χ4n) is 3.40. The molecule has 1 aromatic carbocycles. The number of esters is 1. The van der Waals surface area contributed by atoms with Gasteiger partial charge in [-0.1, -0.05) is 32.0 Å². The Kier molecular flexibility index (Phi) is 6.50. The molecule has 0 fully saturated rings. The highest BCUT2D eigenvalue weighted by molar-refractivity contribution is 6.06. The average molecular weight is 409 g/mol. The Morgan fingerprint density at radius 3 is 2.60 bits per heavy atom. The molecule has 0 saturated heterocycles. The van der Waals surface area contributed by atoms with Crippen LogP contribution in [0.4, 0.5) is 5.82 Å². The summed E-state index contributed by atoms with van der Waals surface area (Å²) >= 11 is 0. The molecule has 1 N–H and O–H groups in total. The van der Waals surface area contributed by atoms with E-state index >= 15 is 0 Å². The van der Waals surface area contributed by atoms with Gasteiger partial charge in [-0.15, -0.1) is 0 Å². The largest absolute Gasteiger partial charge is 0.449 e. The Balaban J connectivity index is 1.82. The van der Waals surface area contributed by atoms with Gasteiger partial charge in [0.2, 0.25) is 0 Å². The molecular formula is C23H28N4O3. The summed E-state index contributed by atoms with van der Waals surface area (Å²) in [7, 11) is 0. The number of amides is 1. The van der Waals surface area contributed by atoms with Crippen LogP contribution in [0.15, 0.2) is 36.5 Å². The Morgan fingerprint density at radius 2 is 1.90 bits per heavy atom. The van der Waals surface area contributed by atoms with Crippen molar-refractivity contribution in [2.45, 2.75) is 59.6 Å². The number of aromatic nitrogens is 3. The van der Waals surface area contributed by atoms with E-state index < -0.39 is 18.0 Å². The van der Waals surface area contributed by atoms with Crippen LogP contribution in [0.5, 0.6) is 0 Å². The summed E-state index contributed by atoms with van der Waals surface area (Å²) < 4.78 is 7.30. The van der Waals surface area contributed by atoms with Crippen molar-refractivity contribution in [3.05, 3.63) is 53.3 Å². The number of para-hydroxylation sites is 1. The number of fused-ring (bicyclic) bond motifs is 1. The van der Waals surface area contributed by atoms with Crippen LogP contribution in [0.25, 0.3) is 10.9 Å². The maximum absolute atomic E-state index is 13.0. The number of nitrogens with one attached hydrogen (secondary N) is 1. The number of nitrogens with zero attached hydrogens (tertiary/aromatic N) is 3. The van der Waals surface area contributed by atoms with Gasteiger partial charge in [-0.05, 0) is 45.2 Å². The molecule has 0 saturated carbocycles. The van der Waals surface area contributed by atoms with Crippen molar-refractivity contribution in [3.8, 4) is 0 Å². The molecule has 3 aromatic rings. The molecular weight excluding hydrogens is 380 g/mol. The first kappa shape index (κ1) is 21.5. The quantitative estimate of drug-likeness (QED) is 0.584. The van der Waals surface area contributed by atoms with Gasteiger partial charge in [0.25, 0.3) is 5.91 Å². The number of pyridine rings is 1. The standard InChI is InChI=1S/C23H28N4O3/c1-6-14(3)27-20(12-13-24-27)26-22(28)16(5)30-23(29)21-15(4)18(7-2)25-19-11-9-8-10-17(19)21/h8-14,16H,6-7H2,1-5H3,(H,26,28)/t14-,16-/m0/s1. The fraction of sp³-hybridized carbons (Fsp3) is 0.391. The molecule has 0 unspecified atom stereocenters. The van der Waals surface area contributed by atoms with E-state index in [-0.39, 0.29) is 6.04 Å². The predicted molar refractivity (Wildman–Crippen MR) is 117 cm³/mol. The molecule has 3 rings (SSSR count). The molecule has 30 heavy (non-hydrogen) atoms. The van der Waals surface area contributed by atoms with E-state index in [1.165, 1.54) is 0 Å². The van der Waals surface area contributed by atoms with Crippen molar-refractivity contribution in [1.82, 2.24) is 14.8 Å². The number of rotatable bonds is 7. The molecule has 0 spiro atoms. The van der Waals surface area contributed by atoms with Crippen molar-refractivity contribution >= 4 is 28.6 Å². The zero-order chi connectivity index (χ0) is 21.8. The minimum absolute atomic E-state index is 0.145. The molecule has 1 amide bonds. The molecule has 7 nitrogen and oxygen atoms in total. The summed E-state index contributed by atoms with van der Waals surface area (Å²) in [6.45, 7) is 9.50. The van der Waals surface area contributed by atoms with Crippen LogP contribution >= 0.6 is 0 Å². The molecule has 0 aliphatic carbocycles. The van der Waals surface area contributed by atoms with Crippen LogP contribution in [0, 0.1) is 6.92 Å². The number of aryl methyl sites for hydroxylation is 1. The zero-order valence-electron chi connectivity index (χ0n) is 18.1. The van der Waals surface area contributed by atoms with Crippen molar-refractivity contribution in [2.24, 2.45) is 0 Å². The van der Waals surface area contributed by atoms with Crippen LogP contribution in [0.1, 0.15) is 61.8 Å². The van der Waals surface area contributed by atoms with E-state index in [0.29, 0.717) is 17.8 Å². The van der Waals surface area contributed by atoms with Crippen molar-refractivity contribution < 1.29 is 14.3 Å². The Bertz CT molecular complexity index is 1070. The molecule has 0 radical (unpaired) electrons. The van der Waals surface area contributed by atoms with Crippen LogP contribution in [-0.2, 0) is 16.0 Å². The van der Waals surface area contributed by atoms with E-state index in [1.807, 2.05) is 52.0 Å². The smallest absolute Gasteiger partial charge is 0.339 e. The third-order valence-corrected chi connectivity index (χ3v) is 5.36. The summed E-state index contributed by atoms with van der Waals surface area (Å²) in [5, 5.41) is 7.79. The molecule has 0 aliphatic heterocycles. The number of hydrogen-bond acceptors (Lipinski definition) is 5. The second-order valence-corrected chi connectivity index (χ2v) is 7.38. The summed E-state index contributed by atoms with van der Waals surface area (Å²) in [6, 6.07) is 9.34. The number of anilines is 1. The van der Waals surface area contributed by atoms with Gasteiger partial charge in [-0.3, -0.25) is 9.78 Å². The van der Waals surface area contributed by atoms with Gasteiger partial charge in [0.05, 0.1) is 23.3 Å². The van der Waals surface area contributed by atoms with Crippen molar-refractivity contribution in [3.63, 3.8) is 0 Å². The third-order valence-electron chi connectivity index (χ3n) is 5.36. The number of carbonyl (C=O) groups is 2. The lowest BCUT2D eigenvalue weighted by Gasteiger charge is -2.18. The van der Waals surface area contributed by atoms with Crippen molar-refractivity contribution in [2.75, 3.05) is 5.32 Å². The summed E-state index contributed by atoms with van der Waals surface area (Å²) in [5.41, 5.74) is 2.82.